The molecular formula is C21H25ClF3N3O4S. The van der Waals surface area contributed by atoms with E-state index in [0.29, 0.717) is 21.9 Å². The van der Waals surface area contributed by atoms with Crippen molar-refractivity contribution in [3.05, 3.63) is 59.4 Å². The fourth-order valence-electron chi connectivity index (χ4n) is 2.25. The van der Waals surface area contributed by atoms with Crippen LogP contribution in [0.25, 0.3) is 11.0 Å². The molecule has 1 aromatic carbocycles. The van der Waals surface area contributed by atoms with Crippen LogP contribution in [0, 0.1) is 6.92 Å². The van der Waals surface area contributed by atoms with Crippen molar-refractivity contribution < 1.29 is 32.3 Å². The Hall–Kier alpha value is -2.47. The van der Waals surface area contributed by atoms with Crippen LogP contribution in [0.4, 0.5) is 13.2 Å². The van der Waals surface area contributed by atoms with E-state index in [2.05, 4.69) is 15.0 Å². The highest BCUT2D eigenvalue weighted by Crippen LogP contribution is 2.24. The fraction of sp³-hybridized carbons (Fsp3) is 0.333. The number of hydrogen-bond acceptors (Lipinski definition) is 6. The van der Waals surface area contributed by atoms with Gasteiger partial charge < -0.3 is 19.9 Å². The van der Waals surface area contributed by atoms with Crippen LogP contribution in [-0.2, 0) is 16.6 Å². The van der Waals surface area contributed by atoms with Crippen LogP contribution < -0.4 is 4.74 Å². The standard InChI is InChI=1S/C16H14F3N3O2S.C3H5Cl.C2H6O2/c1-10-13(20-7-6-14(10)24-9-16(17,18)19)8-25(23)15-21-11-4-2-3-5-12(11)22-15;1-2-3-4;3-1-2-4/h2-7H,8-9H2,1H3,(H,21,22);2-3H,1H3;3-4H,1-2H2/b;3-2+;. The van der Waals surface area contributed by atoms with Crippen molar-refractivity contribution in [2.75, 3.05) is 19.8 Å². The number of aliphatic hydroxyl groups is 2. The number of para-hydroxylation sites is 2. The Morgan fingerprint density at radius 3 is 2.39 bits per heavy atom. The Bertz CT molecular complexity index is 1010. The van der Waals surface area contributed by atoms with E-state index in [-0.39, 0.29) is 24.7 Å². The number of H-pyrrole nitrogens is 1. The highest BCUT2D eigenvalue weighted by Gasteiger charge is 2.29. The number of hydrogen-bond donors (Lipinski definition) is 3. The molecule has 33 heavy (non-hydrogen) atoms. The zero-order valence-corrected chi connectivity index (χ0v) is 19.5. The van der Waals surface area contributed by atoms with Crippen LogP contribution in [0.1, 0.15) is 18.2 Å². The number of rotatable bonds is 6. The number of aliphatic hydroxyl groups excluding tert-OH is 2. The summed E-state index contributed by atoms with van der Waals surface area (Å²) in [4.78, 5) is 11.3. The van der Waals surface area contributed by atoms with Crippen molar-refractivity contribution >= 4 is 33.4 Å². The second kappa shape index (κ2) is 14.6. The molecular weight excluding hydrogens is 483 g/mol. The van der Waals surface area contributed by atoms with E-state index < -0.39 is 23.6 Å². The lowest BCUT2D eigenvalue weighted by molar-refractivity contribution is -0.153. The molecule has 0 saturated heterocycles. The molecule has 0 amide bonds. The third kappa shape index (κ3) is 10.3. The first kappa shape index (κ1) is 28.6. The summed E-state index contributed by atoms with van der Waals surface area (Å²) in [6.45, 7) is 1.82. The number of allylic oxidation sites excluding steroid dienone is 1. The molecule has 0 aliphatic heterocycles. The van der Waals surface area contributed by atoms with Gasteiger partial charge in [-0.05, 0) is 37.6 Å². The molecule has 3 aromatic rings. The van der Waals surface area contributed by atoms with E-state index in [9.17, 15) is 17.4 Å². The number of halogens is 4. The van der Waals surface area contributed by atoms with E-state index in [1.165, 1.54) is 17.8 Å². The molecule has 0 bridgehead atoms. The second-order valence-corrected chi connectivity index (χ2v) is 7.86. The summed E-state index contributed by atoms with van der Waals surface area (Å²) < 4.78 is 54.2. The average Bonchev–Trinajstić information content (AvgIpc) is 3.24. The van der Waals surface area contributed by atoms with Gasteiger partial charge in [0.2, 0.25) is 0 Å². The number of ether oxygens (including phenoxy) is 1. The second-order valence-electron chi connectivity index (χ2n) is 6.24. The van der Waals surface area contributed by atoms with Crippen molar-refractivity contribution in [1.82, 2.24) is 15.0 Å². The number of nitrogens with zero attached hydrogens (tertiary/aromatic N) is 2. The van der Waals surface area contributed by atoms with Crippen LogP contribution in [0.2, 0.25) is 0 Å². The topological polar surface area (TPSA) is 108 Å². The Morgan fingerprint density at radius 2 is 1.85 bits per heavy atom. The minimum atomic E-state index is -4.42. The quantitative estimate of drug-likeness (QED) is 0.460. The Labute approximate surface area is 196 Å². The highest BCUT2D eigenvalue weighted by molar-refractivity contribution is 7.84. The molecule has 182 valence electrons. The minimum absolute atomic E-state index is 0.0227. The Kier molecular flexibility index (Phi) is 12.7. The third-order valence-electron chi connectivity index (χ3n) is 3.73. The first-order chi connectivity index (χ1) is 15.7. The minimum Gasteiger partial charge on any atom is -0.484 e. The average molecular weight is 508 g/mol. The summed E-state index contributed by atoms with van der Waals surface area (Å²) in [6, 6.07) is 8.62. The maximum Gasteiger partial charge on any atom is 0.422 e. The SMILES string of the molecule is C/C=C/Cl.Cc1c(OCC(F)(F)F)ccnc1CS(=O)c1nc2ccccc2[nH]1.OCCO. The summed E-state index contributed by atoms with van der Waals surface area (Å²) in [5.41, 5.74) is 3.75. The summed E-state index contributed by atoms with van der Waals surface area (Å²) in [5, 5.41) is 15.5. The molecule has 3 N–H and O–H groups in total. The lowest BCUT2D eigenvalue weighted by Crippen LogP contribution is -2.19. The van der Waals surface area contributed by atoms with E-state index in [1.54, 1.807) is 19.1 Å². The smallest absolute Gasteiger partial charge is 0.422 e. The lowest BCUT2D eigenvalue weighted by Gasteiger charge is -2.13. The Morgan fingerprint density at radius 1 is 1.21 bits per heavy atom. The summed E-state index contributed by atoms with van der Waals surface area (Å²) in [5.74, 6) is 0.0958. The number of pyridine rings is 1. The number of benzene rings is 1. The summed E-state index contributed by atoms with van der Waals surface area (Å²) in [7, 11) is -1.51. The number of nitrogens with one attached hydrogen (secondary N) is 1. The number of fused-ring (bicyclic) bond motifs is 1. The molecule has 2 heterocycles. The van der Waals surface area contributed by atoms with E-state index in [0.717, 1.165) is 5.52 Å². The predicted octanol–water partition coefficient (Wildman–Crippen LogP) is 4.25. The third-order valence-corrected chi connectivity index (χ3v) is 5.14. The van der Waals surface area contributed by atoms with Gasteiger partial charge in [0.1, 0.15) is 5.75 Å². The van der Waals surface area contributed by atoms with Gasteiger partial charge in [-0.3, -0.25) is 9.19 Å². The zero-order valence-electron chi connectivity index (χ0n) is 18.0. The molecule has 0 aliphatic carbocycles. The number of aromatic nitrogens is 3. The van der Waals surface area contributed by atoms with Gasteiger partial charge in [0.15, 0.2) is 11.8 Å². The molecule has 7 nitrogen and oxygen atoms in total. The van der Waals surface area contributed by atoms with Gasteiger partial charge in [0.05, 0.1) is 46.5 Å². The monoisotopic (exact) mass is 507 g/mol. The molecule has 0 saturated carbocycles. The van der Waals surface area contributed by atoms with Crippen LogP contribution in [0.5, 0.6) is 5.75 Å². The van der Waals surface area contributed by atoms with E-state index in [4.69, 9.17) is 26.6 Å². The fourth-order valence-corrected chi connectivity index (χ4v) is 3.35. The molecule has 3 rings (SSSR count). The van der Waals surface area contributed by atoms with Gasteiger partial charge in [-0.2, -0.15) is 13.2 Å². The maximum absolute atomic E-state index is 12.5. The first-order valence-electron chi connectivity index (χ1n) is 9.57. The van der Waals surface area contributed by atoms with Crippen molar-refractivity contribution in [3.63, 3.8) is 0 Å². The highest BCUT2D eigenvalue weighted by atomic mass is 35.5. The van der Waals surface area contributed by atoms with Crippen molar-refractivity contribution in [1.29, 1.82) is 0 Å². The van der Waals surface area contributed by atoms with Crippen molar-refractivity contribution in [2.24, 2.45) is 0 Å². The van der Waals surface area contributed by atoms with Crippen LogP contribution in [0.15, 0.2) is 53.3 Å². The van der Waals surface area contributed by atoms with Gasteiger partial charge in [0, 0.05) is 11.8 Å². The molecule has 0 aliphatic rings. The molecule has 2 aromatic heterocycles. The van der Waals surface area contributed by atoms with Gasteiger partial charge in [-0.25, -0.2) is 4.98 Å². The summed E-state index contributed by atoms with van der Waals surface area (Å²) >= 11 is 5.01. The van der Waals surface area contributed by atoms with Gasteiger partial charge in [-0.1, -0.05) is 29.8 Å². The molecule has 0 radical (unpaired) electrons. The van der Waals surface area contributed by atoms with E-state index >= 15 is 0 Å². The number of alkyl halides is 3. The van der Waals surface area contributed by atoms with Gasteiger partial charge in [-0.15, -0.1) is 0 Å². The van der Waals surface area contributed by atoms with Crippen molar-refractivity contribution in [3.8, 4) is 5.75 Å². The largest absolute Gasteiger partial charge is 0.484 e. The molecule has 1 unspecified atom stereocenters. The molecule has 0 fully saturated rings. The van der Waals surface area contributed by atoms with E-state index in [1.807, 2.05) is 25.1 Å². The van der Waals surface area contributed by atoms with Crippen LogP contribution in [0.3, 0.4) is 0 Å². The molecule has 1 atom stereocenters. The molecule has 12 heteroatoms. The van der Waals surface area contributed by atoms with Crippen LogP contribution in [-0.4, -0.2) is 55.4 Å². The number of aromatic amines is 1. The predicted molar refractivity (Wildman–Crippen MR) is 122 cm³/mol. The van der Waals surface area contributed by atoms with Gasteiger partial charge in [0.25, 0.3) is 0 Å². The van der Waals surface area contributed by atoms with Gasteiger partial charge >= 0.3 is 6.18 Å². The number of imidazole rings is 1. The molecule has 0 spiro atoms. The van der Waals surface area contributed by atoms with Crippen molar-refractivity contribution in [2.45, 2.75) is 30.9 Å². The first-order valence-corrected chi connectivity index (χ1v) is 11.3. The van der Waals surface area contributed by atoms with Crippen LogP contribution >= 0.6 is 11.6 Å². The summed E-state index contributed by atoms with van der Waals surface area (Å²) in [6.07, 6.45) is -1.32. The normalized spacial score (nSPS) is 12.0. The lowest BCUT2D eigenvalue weighted by atomic mass is 10.2. The zero-order chi connectivity index (χ0) is 24.9. The maximum atomic E-state index is 12.5. The Balaban J connectivity index is 0.000000591.